The normalized spacial score (nSPS) is 15.4. The van der Waals surface area contributed by atoms with Gasteiger partial charge in [-0.2, -0.15) is 0 Å². The monoisotopic (exact) mass is 262 g/mol. The Morgan fingerprint density at radius 2 is 2.00 bits per heavy atom. The molecule has 1 aliphatic heterocycles. The minimum absolute atomic E-state index is 0.130. The van der Waals surface area contributed by atoms with E-state index in [-0.39, 0.29) is 18.3 Å². The third-order valence-electron chi connectivity index (χ3n) is 3.11. The summed E-state index contributed by atoms with van der Waals surface area (Å²) in [6.07, 6.45) is 1.78. The first-order chi connectivity index (χ1) is 9.19. The maximum Gasteiger partial charge on any atom is 0.309 e. The van der Waals surface area contributed by atoms with Crippen molar-refractivity contribution in [2.45, 2.75) is 25.8 Å². The Labute approximate surface area is 112 Å². The Kier molecular flexibility index (Phi) is 4.52. The number of ether oxygens (including phenoxy) is 1. The molecule has 1 heterocycles. The van der Waals surface area contributed by atoms with Gasteiger partial charge in [-0.05, 0) is 17.5 Å². The van der Waals surface area contributed by atoms with Crippen molar-refractivity contribution in [1.82, 2.24) is 10.4 Å². The highest BCUT2D eigenvalue weighted by Crippen LogP contribution is 2.10. The number of methoxy groups -OCH3 is 1. The fraction of sp³-hybridized carbons (Fsp3) is 0.429. The van der Waals surface area contributed by atoms with Gasteiger partial charge in [-0.15, -0.1) is 0 Å². The van der Waals surface area contributed by atoms with Gasteiger partial charge in [-0.1, -0.05) is 24.3 Å². The van der Waals surface area contributed by atoms with Crippen LogP contribution in [-0.4, -0.2) is 30.5 Å². The van der Waals surface area contributed by atoms with E-state index in [1.165, 1.54) is 7.11 Å². The molecule has 0 atom stereocenters. The Hall–Kier alpha value is -1.88. The third-order valence-corrected chi connectivity index (χ3v) is 3.11. The van der Waals surface area contributed by atoms with E-state index in [9.17, 15) is 9.59 Å². The number of carbonyl (C=O) groups is 2. The highest BCUT2D eigenvalue weighted by atomic mass is 16.5. The van der Waals surface area contributed by atoms with Crippen LogP contribution in [0.4, 0.5) is 0 Å². The molecule has 5 heteroatoms. The van der Waals surface area contributed by atoms with Crippen LogP contribution in [0.3, 0.4) is 0 Å². The molecule has 0 saturated carbocycles. The largest absolute Gasteiger partial charge is 0.469 e. The van der Waals surface area contributed by atoms with Crippen LogP contribution in [0.5, 0.6) is 0 Å². The second-order valence-corrected chi connectivity index (χ2v) is 4.56. The van der Waals surface area contributed by atoms with Gasteiger partial charge in [-0.3, -0.25) is 14.6 Å². The summed E-state index contributed by atoms with van der Waals surface area (Å²) in [6, 6.07) is 7.64. The molecule has 0 spiro atoms. The van der Waals surface area contributed by atoms with Crippen LogP contribution in [0.2, 0.25) is 0 Å². The van der Waals surface area contributed by atoms with Gasteiger partial charge in [0.1, 0.15) is 0 Å². The first-order valence-corrected chi connectivity index (χ1v) is 6.37. The Balaban J connectivity index is 1.94. The average Bonchev–Trinajstić information content (AvgIpc) is 2.43. The van der Waals surface area contributed by atoms with Crippen molar-refractivity contribution in [2.24, 2.45) is 0 Å². The quantitative estimate of drug-likeness (QED) is 0.823. The van der Waals surface area contributed by atoms with Crippen LogP contribution in [0.15, 0.2) is 24.3 Å². The summed E-state index contributed by atoms with van der Waals surface area (Å²) >= 11 is 0. The molecule has 5 nitrogen and oxygen atoms in total. The number of hydrazine groups is 1. The first-order valence-electron chi connectivity index (χ1n) is 6.37. The zero-order chi connectivity index (χ0) is 13.7. The van der Waals surface area contributed by atoms with Crippen LogP contribution in [0.25, 0.3) is 0 Å². The van der Waals surface area contributed by atoms with E-state index in [4.69, 9.17) is 0 Å². The van der Waals surface area contributed by atoms with Crippen molar-refractivity contribution in [1.29, 1.82) is 0 Å². The van der Waals surface area contributed by atoms with Gasteiger partial charge < -0.3 is 4.74 Å². The predicted octanol–water partition coefficient (Wildman–Crippen LogP) is 1.03. The van der Waals surface area contributed by atoms with Crippen LogP contribution in [0, 0.1) is 0 Å². The first kappa shape index (κ1) is 13.5. The molecule has 1 aromatic carbocycles. The minimum Gasteiger partial charge on any atom is -0.469 e. The van der Waals surface area contributed by atoms with E-state index < -0.39 is 0 Å². The molecule has 1 aliphatic rings. The zero-order valence-corrected chi connectivity index (χ0v) is 11.0. The molecule has 1 fully saturated rings. The highest BCUT2D eigenvalue weighted by molar-refractivity contribution is 5.76. The maximum atomic E-state index is 11.7. The molecule has 0 aromatic heterocycles. The lowest BCUT2D eigenvalue weighted by Crippen LogP contribution is -2.46. The van der Waals surface area contributed by atoms with Crippen molar-refractivity contribution in [3.05, 3.63) is 35.4 Å². The number of hydrogen-bond donors (Lipinski definition) is 1. The van der Waals surface area contributed by atoms with Crippen molar-refractivity contribution < 1.29 is 14.3 Å². The van der Waals surface area contributed by atoms with Crippen LogP contribution < -0.4 is 5.43 Å². The molecule has 1 aromatic rings. The summed E-state index contributed by atoms with van der Waals surface area (Å²) in [7, 11) is 1.38. The number of benzene rings is 1. The summed E-state index contributed by atoms with van der Waals surface area (Å²) in [6.45, 7) is 1.39. The van der Waals surface area contributed by atoms with E-state index in [0.717, 1.165) is 24.1 Å². The van der Waals surface area contributed by atoms with Gasteiger partial charge in [0.2, 0.25) is 5.91 Å². The summed E-state index contributed by atoms with van der Waals surface area (Å²) in [5.74, 6) is -0.120. The molecular weight excluding hydrogens is 244 g/mol. The molecule has 19 heavy (non-hydrogen) atoms. The van der Waals surface area contributed by atoms with Gasteiger partial charge in [0.15, 0.2) is 0 Å². The number of nitrogens with one attached hydrogen (secondary N) is 1. The van der Waals surface area contributed by atoms with E-state index in [0.29, 0.717) is 13.0 Å². The number of rotatable bonds is 4. The van der Waals surface area contributed by atoms with Crippen LogP contribution >= 0.6 is 0 Å². The van der Waals surface area contributed by atoms with Gasteiger partial charge in [0, 0.05) is 13.0 Å². The maximum absolute atomic E-state index is 11.7. The number of esters is 1. The Morgan fingerprint density at radius 3 is 2.63 bits per heavy atom. The van der Waals surface area contributed by atoms with E-state index in [2.05, 4.69) is 10.2 Å². The second kappa shape index (κ2) is 6.33. The summed E-state index contributed by atoms with van der Waals surface area (Å²) in [5, 5.41) is 1.65. The fourth-order valence-electron chi connectivity index (χ4n) is 2.00. The van der Waals surface area contributed by atoms with Crippen molar-refractivity contribution in [3.63, 3.8) is 0 Å². The highest BCUT2D eigenvalue weighted by Gasteiger charge is 2.17. The Morgan fingerprint density at radius 1 is 1.32 bits per heavy atom. The standard InChI is InChI=1S/C14H18N2O3/c1-19-14(18)9-11-4-6-12(7-5-11)10-16-13(17)3-2-8-15-16/h4-7,15H,2-3,8-10H2,1H3. The average molecular weight is 262 g/mol. The van der Waals surface area contributed by atoms with Crippen LogP contribution in [0.1, 0.15) is 24.0 Å². The molecule has 0 bridgehead atoms. The summed E-state index contributed by atoms with van der Waals surface area (Å²) in [4.78, 5) is 22.8. The minimum atomic E-state index is -0.249. The SMILES string of the molecule is COC(=O)Cc1ccc(CN2NCCCC2=O)cc1. The van der Waals surface area contributed by atoms with Gasteiger partial charge >= 0.3 is 5.97 Å². The third kappa shape index (κ3) is 3.79. The molecule has 1 amide bonds. The lowest BCUT2D eigenvalue weighted by Gasteiger charge is -2.27. The van der Waals surface area contributed by atoms with Gasteiger partial charge in [0.25, 0.3) is 0 Å². The van der Waals surface area contributed by atoms with Crippen molar-refractivity contribution >= 4 is 11.9 Å². The number of hydrogen-bond acceptors (Lipinski definition) is 4. The smallest absolute Gasteiger partial charge is 0.309 e. The van der Waals surface area contributed by atoms with E-state index in [1.54, 1.807) is 5.01 Å². The predicted molar refractivity (Wildman–Crippen MR) is 69.9 cm³/mol. The summed E-state index contributed by atoms with van der Waals surface area (Å²) < 4.78 is 4.62. The molecular formula is C14H18N2O3. The number of carbonyl (C=O) groups excluding carboxylic acids is 2. The lowest BCUT2D eigenvalue weighted by molar-refractivity contribution is -0.140. The second-order valence-electron chi connectivity index (χ2n) is 4.56. The topological polar surface area (TPSA) is 58.6 Å². The van der Waals surface area contributed by atoms with E-state index in [1.807, 2.05) is 24.3 Å². The molecule has 0 unspecified atom stereocenters. The fourth-order valence-corrected chi connectivity index (χ4v) is 2.00. The Bertz CT molecular complexity index is 456. The zero-order valence-electron chi connectivity index (χ0n) is 11.0. The molecule has 0 aliphatic carbocycles. The summed E-state index contributed by atoms with van der Waals surface area (Å²) in [5.41, 5.74) is 5.03. The molecule has 0 radical (unpaired) electrons. The number of amides is 1. The lowest BCUT2D eigenvalue weighted by atomic mass is 10.1. The molecule has 102 valence electrons. The van der Waals surface area contributed by atoms with Gasteiger partial charge in [0.05, 0.1) is 20.1 Å². The molecule has 2 rings (SSSR count). The molecule has 1 N–H and O–H groups in total. The van der Waals surface area contributed by atoms with Crippen molar-refractivity contribution in [2.75, 3.05) is 13.7 Å². The van der Waals surface area contributed by atoms with E-state index >= 15 is 0 Å². The molecule has 1 saturated heterocycles. The van der Waals surface area contributed by atoms with Crippen LogP contribution in [-0.2, 0) is 27.3 Å². The van der Waals surface area contributed by atoms with Crippen molar-refractivity contribution in [3.8, 4) is 0 Å². The van der Waals surface area contributed by atoms with Gasteiger partial charge in [-0.25, -0.2) is 5.43 Å². The number of nitrogens with zero attached hydrogens (tertiary/aromatic N) is 1.